The molecule has 0 radical (unpaired) electrons. The Hall–Kier alpha value is -2.34. The van der Waals surface area contributed by atoms with Gasteiger partial charge in [-0.15, -0.1) is 0 Å². The van der Waals surface area contributed by atoms with Crippen molar-refractivity contribution in [3.05, 3.63) is 48.2 Å². The van der Waals surface area contributed by atoms with Crippen molar-refractivity contribution in [2.45, 2.75) is 31.8 Å². The van der Waals surface area contributed by atoms with Gasteiger partial charge in [0.25, 0.3) is 0 Å². The summed E-state index contributed by atoms with van der Waals surface area (Å²) in [4.78, 5) is 15.0. The molecule has 1 saturated heterocycles. The molecule has 2 aliphatic heterocycles. The Morgan fingerprint density at radius 3 is 2.85 bits per heavy atom. The van der Waals surface area contributed by atoms with Gasteiger partial charge in [0.15, 0.2) is 0 Å². The molecule has 1 aromatic heterocycles. The van der Waals surface area contributed by atoms with E-state index in [0.29, 0.717) is 5.92 Å². The van der Waals surface area contributed by atoms with Gasteiger partial charge >= 0.3 is 0 Å². The minimum absolute atomic E-state index is 0.158. The lowest BCUT2D eigenvalue weighted by Crippen LogP contribution is -2.49. The highest BCUT2D eigenvalue weighted by Crippen LogP contribution is 2.17. The molecule has 26 heavy (non-hydrogen) atoms. The van der Waals surface area contributed by atoms with E-state index in [2.05, 4.69) is 27.9 Å². The maximum Gasteiger partial charge on any atom is 0.240 e. The van der Waals surface area contributed by atoms with Crippen LogP contribution in [-0.4, -0.2) is 52.8 Å². The summed E-state index contributed by atoms with van der Waals surface area (Å²) in [5, 5.41) is 11.3. The molecule has 6 heteroatoms. The highest BCUT2D eigenvalue weighted by Gasteiger charge is 2.28. The number of hydrogen-bond donors (Lipinski definition) is 2. The SMILES string of the molecule is O=C([C@@H](Cc1ccccc1)NC[C@@H]1CNc2ccnn2C1)N1CCCC1. The molecule has 1 amide bonds. The summed E-state index contributed by atoms with van der Waals surface area (Å²) < 4.78 is 2.00. The van der Waals surface area contributed by atoms with Gasteiger partial charge in [0.05, 0.1) is 12.2 Å². The lowest BCUT2D eigenvalue weighted by Gasteiger charge is -2.29. The molecule has 2 aromatic rings. The first-order valence-electron chi connectivity index (χ1n) is 9.61. The second kappa shape index (κ2) is 7.91. The third kappa shape index (κ3) is 3.90. The molecule has 138 valence electrons. The molecule has 2 atom stereocenters. The predicted octanol–water partition coefficient (Wildman–Crippen LogP) is 1.75. The second-order valence-corrected chi connectivity index (χ2v) is 7.33. The van der Waals surface area contributed by atoms with Crippen molar-refractivity contribution in [3.8, 4) is 0 Å². The van der Waals surface area contributed by atoms with Crippen molar-refractivity contribution in [2.75, 3.05) is 31.5 Å². The van der Waals surface area contributed by atoms with Crippen molar-refractivity contribution in [2.24, 2.45) is 5.92 Å². The summed E-state index contributed by atoms with van der Waals surface area (Å²) >= 11 is 0. The van der Waals surface area contributed by atoms with Crippen LogP contribution in [0.1, 0.15) is 18.4 Å². The van der Waals surface area contributed by atoms with Crippen LogP contribution in [0.3, 0.4) is 0 Å². The average Bonchev–Trinajstić information content (AvgIpc) is 3.36. The zero-order valence-corrected chi connectivity index (χ0v) is 15.1. The van der Waals surface area contributed by atoms with E-state index in [9.17, 15) is 4.79 Å². The van der Waals surface area contributed by atoms with Gasteiger partial charge in [-0.05, 0) is 24.8 Å². The van der Waals surface area contributed by atoms with Gasteiger partial charge in [-0.2, -0.15) is 5.10 Å². The van der Waals surface area contributed by atoms with Crippen molar-refractivity contribution in [1.82, 2.24) is 20.0 Å². The van der Waals surface area contributed by atoms with Crippen molar-refractivity contribution < 1.29 is 4.79 Å². The second-order valence-electron chi connectivity index (χ2n) is 7.33. The average molecular weight is 353 g/mol. The van der Waals surface area contributed by atoms with E-state index in [1.807, 2.05) is 40.0 Å². The maximum atomic E-state index is 13.0. The Kier molecular flexibility index (Phi) is 5.20. The Morgan fingerprint density at radius 2 is 2.04 bits per heavy atom. The minimum Gasteiger partial charge on any atom is -0.370 e. The van der Waals surface area contributed by atoms with Gasteiger partial charge in [-0.3, -0.25) is 4.79 Å². The van der Waals surface area contributed by atoms with E-state index in [4.69, 9.17) is 0 Å². The molecule has 0 aliphatic carbocycles. The van der Waals surface area contributed by atoms with Crippen molar-refractivity contribution in [1.29, 1.82) is 0 Å². The normalized spacial score (nSPS) is 20.5. The summed E-state index contributed by atoms with van der Waals surface area (Å²) in [5.74, 6) is 1.75. The van der Waals surface area contributed by atoms with Crippen LogP contribution in [0.4, 0.5) is 5.82 Å². The van der Waals surface area contributed by atoms with Gasteiger partial charge < -0.3 is 15.5 Å². The van der Waals surface area contributed by atoms with E-state index in [1.54, 1.807) is 0 Å². The van der Waals surface area contributed by atoms with Crippen LogP contribution in [0.2, 0.25) is 0 Å². The van der Waals surface area contributed by atoms with E-state index in [1.165, 1.54) is 5.56 Å². The molecule has 0 spiro atoms. The van der Waals surface area contributed by atoms with E-state index < -0.39 is 0 Å². The molecular weight excluding hydrogens is 326 g/mol. The highest BCUT2D eigenvalue weighted by atomic mass is 16.2. The zero-order valence-electron chi connectivity index (χ0n) is 15.1. The first-order valence-corrected chi connectivity index (χ1v) is 9.61. The number of amides is 1. The summed E-state index contributed by atoms with van der Waals surface area (Å²) in [5.41, 5.74) is 1.20. The van der Waals surface area contributed by atoms with E-state index in [0.717, 1.165) is 57.8 Å². The molecule has 2 N–H and O–H groups in total. The van der Waals surface area contributed by atoms with Gasteiger partial charge in [-0.1, -0.05) is 30.3 Å². The summed E-state index contributed by atoms with van der Waals surface area (Å²) in [6.45, 7) is 4.40. The van der Waals surface area contributed by atoms with Crippen LogP contribution in [-0.2, 0) is 17.8 Å². The molecule has 1 fully saturated rings. The molecule has 4 rings (SSSR count). The highest BCUT2D eigenvalue weighted by molar-refractivity contribution is 5.82. The lowest BCUT2D eigenvalue weighted by atomic mass is 10.0. The number of carbonyl (C=O) groups excluding carboxylic acids is 1. The predicted molar refractivity (Wildman–Crippen MR) is 102 cm³/mol. The van der Waals surface area contributed by atoms with Crippen LogP contribution in [0.15, 0.2) is 42.6 Å². The van der Waals surface area contributed by atoms with Crippen LogP contribution in [0, 0.1) is 5.92 Å². The first-order chi connectivity index (χ1) is 12.8. The fourth-order valence-electron chi connectivity index (χ4n) is 3.89. The zero-order chi connectivity index (χ0) is 17.8. The Balaban J connectivity index is 1.40. The quantitative estimate of drug-likeness (QED) is 0.831. The van der Waals surface area contributed by atoms with Crippen molar-refractivity contribution in [3.63, 3.8) is 0 Å². The maximum absolute atomic E-state index is 13.0. The van der Waals surface area contributed by atoms with Crippen LogP contribution in [0.25, 0.3) is 0 Å². The number of nitrogens with one attached hydrogen (secondary N) is 2. The Bertz CT molecular complexity index is 723. The fourth-order valence-corrected chi connectivity index (χ4v) is 3.89. The first kappa shape index (κ1) is 17.1. The Labute approximate surface area is 154 Å². The molecule has 0 bridgehead atoms. The molecule has 0 saturated carbocycles. The third-order valence-electron chi connectivity index (χ3n) is 5.37. The van der Waals surface area contributed by atoms with Gasteiger partial charge in [0, 0.05) is 44.7 Å². The Morgan fingerprint density at radius 1 is 1.23 bits per heavy atom. The smallest absolute Gasteiger partial charge is 0.240 e. The van der Waals surface area contributed by atoms with Gasteiger partial charge in [-0.25, -0.2) is 4.68 Å². The summed E-state index contributed by atoms with van der Waals surface area (Å²) in [7, 11) is 0. The lowest BCUT2D eigenvalue weighted by molar-refractivity contribution is -0.132. The van der Waals surface area contributed by atoms with Gasteiger partial charge in [0.2, 0.25) is 5.91 Å². The third-order valence-corrected chi connectivity index (χ3v) is 5.37. The van der Waals surface area contributed by atoms with E-state index in [-0.39, 0.29) is 11.9 Å². The number of fused-ring (bicyclic) bond motifs is 1. The fraction of sp³-hybridized carbons (Fsp3) is 0.500. The molecule has 0 unspecified atom stereocenters. The number of carbonyl (C=O) groups is 1. The van der Waals surface area contributed by atoms with E-state index >= 15 is 0 Å². The number of likely N-dealkylation sites (tertiary alicyclic amines) is 1. The van der Waals surface area contributed by atoms with Gasteiger partial charge in [0.1, 0.15) is 5.82 Å². The number of anilines is 1. The summed E-state index contributed by atoms with van der Waals surface area (Å²) in [6.07, 6.45) is 4.81. The largest absolute Gasteiger partial charge is 0.370 e. The number of aromatic nitrogens is 2. The number of nitrogens with zero attached hydrogens (tertiary/aromatic N) is 3. The minimum atomic E-state index is -0.158. The molecule has 2 aliphatic rings. The topological polar surface area (TPSA) is 62.2 Å². The number of hydrogen-bond acceptors (Lipinski definition) is 4. The number of rotatable bonds is 6. The van der Waals surface area contributed by atoms with Crippen LogP contribution in [0.5, 0.6) is 0 Å². The number of benzene rings is 1. The summed E-state index contributed by atoms with van der Waals surface area (Å²) in [6, 6.07) is 12.1. The standard InChI is InChI=1S/C20H27N5O/c26-20(24-10-4-5-11-24)18(12-16-6-2-1-3-7-16)21-13-17-14-22-19-8-9-23-25(19)15-17/h1-3,6-9,17-18,21-22H,4-5,10-15H2/t17-,18-/m1/s1. The van der Waals surface area contributed by atoms with Crippen LogP contribution >= 0.6 is 0 Å². The van der Waals surface area contributed by atoms with Crippen LogP contribution < -0.4 is 10.6 Å². The van der Waals surface area contributed by atoms with Crippen molar-refractivity contribution >= 4 is 11.7 Å². The molecular formula is C20H27N5O. The monoisotopic (exact) mass is 353 g/mol. The molecule has 3 heterocycles. The molecule has 6 nitrogen and oxygen atoms in total. The molecule has 1 aromatic carbocycles.